The first-order chi connectivity index (χ1) is 12.1. The van der Waals surface area contributed by atoms with Gasteiger partial charge >= 0.3 is 0 Å². The Balaban J connectivity index is 1.86. The van der Waals surface area contributed by atoms with E-state index in [9.17, 15) is 4.79 Å². The smallest absolute Gasteiger partial charge is 0.243 e. The second kappa shape index (κ2) is 10.3. The molecule has 0 bridgehead atoms. The fourth-order valence-electron chi connectivity index (χ4n) is 2.49. The Hall–Kier alpha value is -1.79. The summed E-state index contributed by atoms with van der Waals surface area (Å²) in [7, 11) is 3.45. The lowest BCUT2D eigenvalue weighted by molar-refractivity contribution is -0.127. The van der Waals surface area contributed by atoms with Crippen LogP contribution in [0.15, 0.2) is 29.3 Å². The summed E-state index contributed by atoms with van der Waals surface area (Å²) in [4.78, 5) is 17.7. The summed E-state index contributed by atoms with van der Waals surface area (Å²) >= 11 is 6.18. The summed E-state index contributed by atoms with van der Waals surface area (Å²) in [6.45, 7) is 2.29. The third kappa shape index (κ3) is 6.92. The Morgan fingerprint density at radius 3 is 2.84 bits per heavy atom. The van der Waals surface area contributed by atoms with Crippen LogP contribution in [0.25, 0.3) is 0 Å². The molecular weight excluding hydrogens is 340 g/mol. The van der Waals surface area contributed by atoms with Crippen LogP contribution in [-0.4, -0.2) is 63.2 Å². The van der Waals surface area contributed by atoms with Gasteiger partial charge in [-0.2, -0.15) is 0 Å². The van der Waals surface area contributed by atoms with Crippen LogP contribution in [0.5, 0.6) is 0 Å². The van der Waals surface area contributed by atoms with Crippen molar-refractivity contribution in [2.45, 2.75) is 25.4 Å². The van der Waals surface area contributed by atoms with Crippen LogP contribution in [0.1, 0.15) is 18.4 Å². The molecule has 1 atom stereocenters. The molecule has 1 fully saturated rings. The molecule has 0 aromatic heterocycles. The highest BCUT2D eigenvalue weighted by Gasteiger charge is 2.15. The molecule has 0 radical (unpaired) electrons. The van der Waals surface area contributed by atoms with E-state index in [1.165, 1.54) is 4.90 Å². The van der Waals surface area contributed by atoms with Gasteiger partial charge in [-0.25, -0.2) is 4.99 Å². The molecule has 1 aromatic carbocycles. The predicted octanol–water partition coefficient (Wildman–Crippen LogP) is 1.68. The maximum absolute atomic E-state index is 11.8. The molecule has 25 heavy (non-hydrogen) atoms. The van der Waals surface area contributed by atoms with Gasteiger partial charge in [-0.3, -0.25) is 4.79 Å². The quantitative estimate of drug-likeness (QED) is 0.569. The Morgan fingerprint density at radius 2 is 2.16 bits per heavy atom. The summed E-state index contributed by atoms with van der Waals surface area (Å²) in [5, 5.41) is 7.30. The third-order valence-corrected chi connectivity index (χ3v) is 4.41. The van der Waals surface area contributed by atoms with Crippen LogP contribution in [0.2, 0.25) is 5.02 Å². The van der Waals surface area contributed by atoms with Crippen LogP contribution >= 0.6 is 11.6 Å². The van der Waals surface area contributed by atoms with Crippen molar-refractivity contribution in [2.75, 3.05) is 40.3 Å². The van der Waals surface area contributed by atoms with Crippen molar-refractivity contribution in [3.05, 3.63) is 34.9 Å². The number of hydrogen-bond donors (Lipinski definition) is 2. The van der Waals surface area contributed by atoms with Gasteiger partial charge < -0.3 is 20.3 Å². The molecule has 2 rings (SSSR count). The highest BCUT2D eigenvalue weighted by Crippen LogP contribution is 2.14. The summed E-state index contributed by atoms with van der Waals surface area (Å²) in [6, 6.07) is 7.79. The first kappa shape index (κ1) is 19.5. The number of rotatable bonds is 7. The molecule has 6 nitrogen and oxygen atoms in total. The number of nitrogens with zero attached hydrogens (tertiary/aromatic N) is 2. The number of guanidine groups is 1. The minimum Gasteiger partial charge on any atom is -0.376 e. The maximum atomic E-state index is 11.8. The van der Waals surface area contributed by atoms with E-state index in [2.05, 4.69) is 15.6 Å². The van der Waals surface area contributed by atoms with Gasteiger partial charge in [0.15, 0.2) is 5.96 Å². The molecule has 1 unspecified atom stereocenters. The summed E-state index contributed by atoms with van der Waals surface area (Å²) in [5.41, 5.74) is 1.08. The van der Waals surface area contributed by atoms with Gasteiger partial charge in [0.05, 0.1) is 6.10 Å². The molecule has 0 saturated carbocycles. The SMILES string of the molecule is CN(C)C(=O)CN=C(NCCc1ccccc1Cl)NCC1CCCO1. The molecule has 1 amide bonds. The van der Waals surface area contributed by atoms with E-state index in [1.807, 2.05) is 24.3 Å². The van der Waals surface area contributed by atoms with Gasteiger partial charge in [0.25, 0.3) is 0 Å². The molecular formula is C18H27ClN4O2. The number of ether oxygens (including phenoxy) is 1. The van der Waals surface area contributed by atoms with Gasteiger partial charge in [-0.1, -0.05) is 29.8 Å². The van der Waals surface area contributed by atoms with E-state index >= 15 is 0 Å². The van der Waals surface area contributed by atoms with Crippen LogP contribution in [0.4, 0.5) is 0 Å². The zero-order valence-electron chi connectivity index (χ0n) is 14.9. The zero-order valence-corrected chi connectivity index (χ0v) is 15.7. The minimum absolute atomic E-state index is 0.0377. The highest BCUT2D eigenvalue weighted by atomic mass is 35.5. The predicted molar refractivity (Wildman–Crippen MR) is 101 cm³/mol. The molecule has 2 N–H and O–H groups in total. The van der Waals surface area contributed by atoms with Crippen molar-refractivity contribution in [1.82, 2.24) is 15.5 Å². The van der Waals surface area contributed by atoms with Crippen molar-refractivity contribution in [1.29, 1.82) is 0 Å². The number of amides is 1. The normalized spacial score (nSPS) is 17.4. The molecule has 1 aliphatic rings. The van der Waals surface area contributed by atoms with Gasteiger partial charge in [-0.15, -0.1) is 0 Å². The van der Waals surface area contributed by atoms with Gasteiger partial charge in [0.1, 0.15) is 6.54 Å². The van der Waals surface area contributed by atoms with E-state index in [4.69, 9.17) is 16.3 Å². The average molecular weight is 367 g/mol. The Labute approximate surface area is 154 Å². The minimum atomic E-state index is -0.0377. The van der Waals surface area contributed by atoms with Crippen LogP contribution in [0.3, 0.4) is 0 Å². The highest BCUT2D eigenvalue weighted by molar-refractivity contribution is 6.31. The lowest BCUT2D eigenvalue weighted by Crippen LogP contribution is -2.42. The van der Waals surface area contributed by atoms with E-state index in [0.717, 1.165) is 36.5 Å². The van der Waals surface area contributed by atoms with Gasteiger partial charge in [0, 0.05) is 38.8 Å². The van der Waals surface area contributed by atoms with Crippen molar-refractivity contribution in [2.24, 2.45) is 4.99 Å². The summed E-state index contributed by atoms with van der Waals surface area (Å²) < 4.78 is 5.62. The first-order valence-corrected chi connectivity index (χ1v) is 9.01. The van der Waals surface area contributed by atoms with Crippen LogP contribution < -0.4 is 10.6 Å². The van der Waals surface area contributed by atoms with E-state index in [-0.39, 0.29) is 18.6 Å². The lowest BCUT2D eigenvalue weighted by Gasteiger charge is -2.16. The maximum Gasteiger partial charge on any atom is 0.243 e. The fourth-order valence-corrected chi connectivity index (χ4v) is 2.73. The lowest BCUT2D eigenvalue weighted by atomic mass is 10.1. The topological polar surface area (TPSA) is 66.0 Å². The van der Waals surface area contributed by atoms with Crippen LogP contribution in [-0.2, 0) is 16.0 Å². The van der Waals surface area contributed by atoms with Crippen molar-refractivity contribution < 1.29 is 9.53 Å². The Morgan fingerprint density at radius 1 is 1.36 bits per heavy atom. The van der Waals surface area contributed by atoms with Gasteiger partial charge in [-0.05, 0) is 30.9 Å². The zero-order chi connectivity index (χ0) is 18.1. The van der Waals surface area contributed by atoms with Crippen molar-refractivity contribution in [3.8, 4) is 0 Å². The summed E-state index contributed by atoms with van der Waals surface area (Å²) in [6.07, 6.45) is 3.14. The number of halogens is 1. The Bertz CT molecular complexity index is 586. The van der Waals surface area contributed by atoms with Crippen molar-refractivity contribution >= 4 is 23.5 Å². The number of carbonyl (C=O) groups is 1. The van der Waals surface area contributed by atoms with E-state index in [1.54, 1.807) is 14.1 Å². The van der Waals surface area contributed by atoms with Crippen LogP contribution in [0, 0.1) is 0 Å². The third-order valence-electron chi connectivity index (χ3n) is 4.04. The molecule has 1 aromatic rings. The Kier molecular flexibility index (Phi) is 8.01. The number of hydrogen-bond acceptors (Lipinski definition) is 3. The summed E-state index contributed by atoms with van der Waals surface area (Å²) in [5.74, 6) is 0.585. The molecule has 1 saturated heterocycles. The largest absolute Gasteiger partial charge is 0.376 e. The molecule has 138 valence electrons. The number of aliphatic imine (C=N–C) groups is 1. The monoisotopic (exact) mass is 366 g/mol. The van der Waals surface area contributed by atoms with E-state index in [0.29, 0.717) is 19.0 Å². The van der Waals surface area contributed by atoms with Gasteiger partial charge in [0.2, 0.25) is 5.91 Å². The van der Waals surface area contributed by atoms with Crippen molar-refractivity contribution in [3.63, 3.8) is 0 Å². The van der Waals surface area contributed by atoms with E-state index < -0.39 is 0 Å². The number of nitrogens with one attached hydrogen (secondary N) is 2. The molecule has 0 spiro atoms. The first-order valence-electron chi connectivity index (χ1n) is 8.63. The standard InChI is InChI=1S/C18H27ClN4O2/c1-23(2)17(24)13-22-18(21-12-15-7-5-11-25-15)20-10-9-14-6-3-4-8-16(14)19/h3-4,6,8,15H,5,7,9-13H2,1-2H3,(H2,20,21,22). The number of carbonyl (C=O) groups excluding carboxylic acids is 1. The average Bonchev–Trinajstić information content (AvgIpc) is 3.11. The molecule has 1 heterocycles. The molecule has 1 aliphatic heterocycles. The number of likely N-dealkylation sites (N-methyl/N-ethyl adjacent to an activating group) is 1. The fraction of sp³-hybridized carbons (Fsp3) is 0.556. The number of benzene rings is 1. The molecule has 7 heteroatoms. The second-order valence-electron chi connectivity index (χ2n) is 6.24. The molecule has 0 aliphatic carbocycles. The second-order valence-corrected chi connectivity index (χ2v) is 6.64.